The molecule has 7 heteroatoms. The molecule has 0 saturated heterocycles. The molecule has 0 radical (unpaired) electrons. The van der Waals surface area contributed by atoms with Gasteiger partial charge in [0.25, 0.3) is 0 Å². The number of carbonyl (C=O) groups excluding carboxylic acids is 2. The normalized spacial score (nSPS) is 24.8. The predicted octanol–water partition coefficient (Wildman–Crippen LogP) is 1.82. The van der Waals surface area contributed by atoms with Crippen molar-refractivity contribution in [3.63, 3.8) is 0 Å². The minimum atomic E-state index is -0.321. The molecule has 2 fully saturated rings. The molecule has 1 aromatic heterocycles. The molecule has 2 saturated carbocycles. The van der Waals surface area contributed by atoms with E-state index in [0.29, 0.717) is 18.2 Å². The maximum atomic E-state index is 12.2. The van der Waals surface area contributed by atoms with E-state index in [0.717, 1.165) is 44.3 Å². The largest absolute Gasteiger partial charge is 0.369 e. The smallest absolute Gasteiger partial charge is 0.227 e. The first-order chi connectivity index (χ1) is 11.6. The summed E-state index contributed by atoms with van der Waals surface area (Å²) in [6.07, 6.45) is 8.98. The van der Waals surface area contributed by atoms with Gasteiger partial charge in [0, 0.05) is 24.8 Å². The quantitative estimate of drug-likeness (QED) is 0.824. The van der Waals surface area contributed by atoms with Gasteiger partial charge in [0.05, 0.1) is 5.92 Å². The van der Waals surface area contributed by atoms with E-state index in [4.69, 9.17) is 10.3 Å². The van der Waals surface area contributed by atoms with Gasteiger partial charge < -0.3 is 15.6 Å². The van der Waals surface area contributed by atoms with E-state index in [2.05, 4.69) is 15.5 Å². The van der Waals surface area contributed by atoms with Crippen LogP contribution in [0, 0.1) is 5.92 Å². The summed E-state index contributed by atoms with van der Waals surface area (Å²) in [5.41, 5.74) is 5.44. The Balaban J connectivity index is 1.47. The lowest BCUT2D eigenvalue weighted by atomic mass is 9.84. The SMILES string of the molecule is NC(=O)[C@@H]1CCCC[C@@H]1NC(=O)CCc1nc(C2CCCC2)no1. The predicted molar refractivity (Wildman–Crippen MR) is 86.9 cm³/mol. The molecule has 0 aliphatic heterocycles. The summed E-state index contributed by atoms with van der Waals surface area (Å²) in [6, 6.07) is -0.138. The Bertz CT molecular complexity index is 580. The van der Waals surface area contributed by atoms with Gasteiger partial charge in [-0.15, -0.1) is 0 Å². The Morgan fingerprint density at radius 1 is 1.12 bits per heavy atom. The molecule has 0 bridgehead atoms. The van der Waals surface area contributed by atoms with E-state index >= 15 is 0 Å². The van der Waals surface area contributed by atoms with E-state index < -0.39 is 0 Å². The van der Waals surface area contributed by atoms with E-state index in [-0.39, 0.29) is 30.2 Å². The van der Waals surface area contributed by atoms with Gasteiger partial charge in [-0.3, -0.25) is 9.59 Å². The molecular weight excluding hydrogens is 308 g/mol. The summed E-state index contributed by atoms with van der Waals surface area (Å²) in [7, 11) is 0. The van der Waals surface area contributed by atoms with Gasteiger partial charge in [0.15, 0.2) is 5.82 Å². The number of aryl methyl sites for hydroxylation is 1. The molecule has 2 aliphatic rings. The molecular formula is C17H26N4O3. The van der Waals surface area contributed by atoms with Gasteiger partial charge in [-0.05, 0) is 25.7 Å². The molecule has 2 atom stereocenters. The summed E-state index contributed by atoms with van der Waals surface area (Å²) >= 11 is 0. The first kappa shape index (κ1) is 16.9. The highest BCUT2D eigenvalue weighted by Crippen LogP contribution is 2.32. The lowest BCUT2D eigenvalue weighted by molar-refractivity contribution is -0.126. The Labute approximate surface area is 141 Å². The van der Waals surface area contributed by atoms with Crippen LogP contribution in [0.2, 0.25) is 0 Å². The second-order valence-electron chi connectivity index (χ2n) is 7.00. The van der Waals surface area contributed by atoms with E-state index in [1.165, 1.54) is 12.8 Å². The van der Waals surface area contributed by atoms with Gasteiger partial charge in [0.2, 0.25) is 17.7 Å². The molecule has 1 heterocycles. The molecule has 2 amide bonds. The monoisotopic (exact) mass is 334 g/mol. The zero-order chi connectivity index (χ0) is 16.9. The molecule has 2 aliphatic carbocycles. The van der Waals surface area contributed by atoms with Gasteiger partial charge in [0.1, 0.15) is 0 Å². The summed E-state index contributed by atoms with van der Waals surface area (Å²) in [5, 5.41) is 7.00. The number of carbonyl (C=O) groups is 2. The third-order valence-corrected chi connectivity index (χ3v) is 5.25. The number of nitrogens with two attached hydrogens (primary N) is 1. The standard InChI is InChI=1S/C17H26N4O3/c18-16(23)12-7-3-4-8-13(12)19-14(22)9-10-15-20-17(21-24-15)11-5-1-2-6-11/h11-13H,1-10H2,(H2,18,23)(H,19,22)/t12-,13+/m1/s1. The maximum Gasteiger partial charge on any atom is 0.227 e. The van der Waals surface area contributed by atoms with Crippen molar-refractivity contribution in [2.75, 3.05) is 0 Å². The fraction of sp³-hybridized carbons (Fsp3) is 0.765. The number of primary amides is 1. The van der Waals surface area contributed by atoms with Crippen molar-refractivity contribution in [1.29, 1.82) is 0 Å². The molecule has 24 heavy (non-hydrogen) atoms. The molecule has 0 aromatic carbocycles. The number of rotatable bonds is 6. The van der Waals surface area contributed by atoms with E-state index in [9.17, 15) is 9.59 Å². The van der Waals surface area contributed by atoms with Gasteiger partial charge >= 0.3 is 0 Å². The van der Waals surface area contributed by atoms with Crippen LogP contribution < -0.4 is 11.1 Å². The van der Waals surface area contributed by atoms with Crippen molar-refractivity contribution in [2.45, 2.75) is 76.2 Å². The minimum Gasteiger partial charge on any atom is -0.369 e. The van der Waals surface area contributed by atoms with Crippen LogP contribution in [0.5, 0.6) is 0 Å². The van der Waals surface area contributed by atoms with Crippen molar-refractivity contribution < 1.29 is 14.1 Å². The number of amides is 2. The highest BCUT2D eigenvalue weighted by molar-refractivity contribution is 5.80. The van der Waals surface area contributed by atoms with Gasteiger partial charge in [-0.2, -0.15) is 4.98 Å². The Morgan fingerprint density at radius 3 is 2.58 bits per heavy atom. The first-order valence-electron chi connectivity index (χ1n) is 9.04. The van der Waals surface area contributed by atoms with Crippen LogP contribution in [0.1, 0.15) is 75.4 Å². The number of aromatic nitrogens is 2. The zero-order valence-corrected chi connectivity index (χ0v) is 14.0. The average molecular weight is 334 g/mol. The van der Waals surface area contributed by atoms with Gasteiger partial charge in [-0.1, -0.05) is 30.8 Å². The maximum absolute atomic E-state index is 12.2. The molecule has 132 valence electrons. The minimum absolute atomic E-state index is 0.0891. The molecule has 0 spiro atoms. The van der Waals surface area contributed by atoms with Crippen LogP contribution >= 0.6 is 0 Å². The van der Waals surface area contributed by atoms with Crippen LogP contribution in [0.4, 0.5) is 0 Å². The van der Waals surface area contributed by atoms with E-state index in [1.807, 2.05) is 0 Å². The highest BCUT2D eigenvalue weighted by Gasteiger charge is 2.30. The first-order valence-corrected chi connectivity index (χ1v) is 9.04. The molecule has 0 unspecified atom stereocenters. The van der Waals surface area contributed by atoms with Gasteiger partial charge in [-0.25, -0.2) is 0 Å². The molecule has 3 rings (SSSR count). The summed E-state index contributed by atoms with van der Waals surface area (Å²) in [4.78, 5) is 28.1. The Morgan fingerprint density at radius 2 is 1.83 bits per heavy atom. The van der Waals surface area contributed by atoms with Crippen molar-refractivity contribution in [3.05, 3.63) is 11.7 Å². The summed E-state index contributed by atoms with van der Waals surface area (Å²) in [6.45, 7) is 0. The summed E-state index contributed by atoms with van der Waals surface area (Å²) < 4.78 is 5.26. The second-order valence-corrected chi connectivity index (χ2v) is 7.00. The van der Waals surface area contributed by atoms with Crippen LogP contribution in [0.15, 0.2) is 4.52 Å². The van der Waals surface area contributed by atoms with Crippen molar-refractivity contribution in [2.24, 2.45) is 11.7 Å². The number of hydrogen-bond donors (Lipinski definition) is 2. The fourth-order valence-corrected chi connectivity index (χ4v) is 3.86. The number of nitrogens with zero attached hydrogens (tertiary/aromatic N) is 2. The van der Waals surface area contributed by atoms with Crippen LogP contribution in [0.25, 0.3) is 0 Å². The van der Waals surface area contributed by atoms with Crippen LogP contribution in [-0.2, 0) is 16.0 Å². The Kier molecular flexibility index (Phi) is 5.48. The average Bonchev–Trinajstić information content (AvgIpc) is 3.24. The lowest BCUT2D eigenvalue weighted by Gasteiger charge is -2.29. The van der Waals surface area contributed by atoms with Crippen LogP contribution in [-0.4, -0.2) is 28.0 Å². The number of nitrogens with one attached hydrogen (secondary N) is 1. The van der Waals surface area contributed by atoms with Crippen molar-refractivity contribution in [3.8, 4) is 0 Å². The molecule has 3 N–H and O–H groups in total. The third-order valence-electron chi connectivity index (χ3n) is 5.25. The molecule has 7 nitrogen and oxygen atoms in total. The van der Waals surface area contributed by atoms with Crippen molar-refractivity contribution >= 4 is 11.8 Å². The topological polar surface area (TPSA) is 111 Å². The lowest BCUT2D eigenvalue weighted by Crippen LogP contribution is -2.47. The summed E-state index contributed by atoms with van der Waals surface area (Å²) in [5.74, 6) is 1.05. The zero-order valence-electron chi connectivity index (χ0n) is 14.0. The third kappa shape index (κ3) is 4.13. The van der Waals surface area contributed by atoms with E-state index in [1.54, 1.807) is 0 Å². The fourth-order valence-electron chi connectivity index (χ4n) is 3.86. The molecule has 1 aromatic rings. The number of hydrogen-bond acceptors (Lipinski definition) is 5. The Hall–Kier alpha value is -1.92. The second kappa shape index (κ2) is 7.77. The van der Waals surface area contributed by atoms with Crippen LogP contribution in [0.3, 0.4) is 0 Å². The van der Waals surface area contributed by atoms with Crippen molar-refractivity contribution in [1.82, 2.24) is 15.5 Å². The highest BCUT2D eigenvalue weighted by atomic mass is 16.5.